The first-order valence-corrected chi connectivity index (χ1v) is 7.75. The number of hydrogen-bond donors (Lipinski definition) is 2. The van der Waals surface area contributed by atoms with E-state index in [0.29, 0.717) is 10.2 Å². The molecule has 2 N–H and O–H groups in total. The Labute approximate surface area is 91.3 Å². The van der Waals surface area contributed by atoms with E-state index in [-0.39, 0.29) is 5.79 Å². The lowest BCUT2D eigenvalue weighted by atomic mass is 9.94. The van der Waals surface area contributed by atoms with Crippen molar-refractivity contribution in [3.05, 3.63) is 0 Å². The molecule has 0 saturated carbocycles. The molecule has 9 heteroatoms. The van der Waals surface area contributed by atoms with E-state index < -0.39 is 38.6 Å². The van der Waals surface area contributed by atoms with Crippen LogP contribution in [-0.4, -0.2) is 64.9 Å². The van der Waals surface area contributed by atoms with Crippen LogP contribution in [0.3, 0.4) is 0 Å². The molecule has 0 aromatic carbocycles. The Morgan fingerprint density at radius 3 is 2.73 bits per heavy atom. The Morgan fingerprint density at radius 2 is 2.27 bits per heavy atom. The largest absolute Gasteiger partial charge is 0.394 e. The molecule has 0 bridgehead atoms. The average Bonchev–Trinajstić information content (AvgIpc) is 2.45. The second-order valence-corrected chi connectivity index (χ2v) is 7.31. The number of ether oxygens (including phenoxy) is 1. The van der Waals surface area contributed by atoms with Crippen molar-refractivity contribution in [3.8, 4) is 0 Å². The standard InChI is InChI=1S/C6H13BFO5PSi/c7-6-4(8)5(3(1-9)12-6)13-14(10,11)2-15/h3-6,9H,1-2H2,15H3,(H,10,11)/t3-,4?,5?,6-/m1/s1. The third kappa shape index (κ3) is 3.12. The summed E-state index contributed by atoms with van der Waals surface area (Å²) in [4.78, 5) is 9.22. The minimum absolute atomic E-state index is 0.00358. The van der Waals surface area contributed by atoms with E-state index in [1.165, 1.54) is 0 Å². The van der Waals surface area contributed by atoms with Crippen LogP contribution in [0.25, 0.3) is 0 Å². The molecule has 1 aliphatic rings. The zero-order valence-corrected chi connectivity index (χ0v) is 11.1. The van der Waals surface area contributed by atoms with Gasteiger partial charge in [0.05, 0.1) is 12.6 Å². The normalized spacial score (nSPS) is 40.5. The van der Waals surface area contributed by atoms with Gasteiger partial charge in [0.25, 0.3) is 0 Å². The van der Waals surface area contributed by atoms with Gasteiger partial charge in [-0.2, -0.15) is 0 Å². The third-order valence-corrected chi connectivity index (χ3v) is 5.96. The molecule has 1 aliphatic heterocycles. The van der Waals surface area contributed by atoms with Gasteiger partial charge in [0.2, 0.25) is 0 Å². The van der Waals surface area contributed by atoms with Gasteiger partial charge in [0, 0.05) is 16.0 Å². The highest BCUT2D eigenvalue weighted by molar-refractivity contribution is 7.54. The highest BCUT2D eigenvalue weighted by Crippen LogP contribution is 2.45. The number of halogens is 1. The van der Waals surface area contributed by atoms with E-state index in [2.05, 4.69) is 0 Å². The van der Waals surface area contributed by atoms with Gasteiger partial charge in [0.1, 0.15) is 26.2 Å². The average molecular weight is 254 g/mol. The van der Waals surface area contributed by atoms with Crippen LogP contribution in [0.2, 0.25) is 0 Å². The lowest BCUT2D eigenvalue weighted by Crippen LogP contribution is -2.33. The summed E-state index contributed by atoms with van der Waals surface area (Å²) in [5.74, 6) is 0.00358. The molecule has 5 nitrogen and oxygen atoms in total. The van der Waals surface area contributed by atoms with Crippen molar-refractivity contribution in [1.29, 1.82) is 0 Å². The van der Waals surface area contributed by atoms with Crippen LogP contribution in [0, 0.1) is 0 Å². The van der Waals surface area contributed by atoms with Gasteiger partial charge in [-0.25, -0.2) is 4.39 Å². The summed E-state index contributed by atoms with van der Waals surface area (Å²) in [5, 5.41) is 8.85. The SMILES string of the molecule is [B][C@@H]1O[C@H](CO)C(OP(=O)(O)C[SiH3])C1F. The molecule has 0 spiro atoms. The van der Waals surface area contributed by atoms with E-state index in [4.69, 9.17) is 22.2 Å². The number of rotatable bonds is 4. The first kappa shape index (κ1) is 13.3. The summed E-state index contributed by atoms with van der Waals surface area (Å²) < 4.78 is 34.2. The number of hydrogen-bond acceptors (Lipinski definition) is 4. The Kier molecular flexibility index (Phi) is 4.52. The Balaban J connectivity index is 2.70. The molecule has 0 amide bonds. The molecule has 1 fully saturated rings. The summed E-state index contributed by atoms with van der Waals surface area (Å²) in [6.45, 7) is -0.500. The highest BCUT2D eigenvalue weighted by Gasteiger charge is 2.45. The molecule has 5 atom stereocenters. The maximum atomic E-state index is 13.4. The summed E-state index contributed by atoms with van der Waals surface area (Å²) in [6.07, 6.45) is -3.95. The van der Waals surface area contributed by atoms with Gasteiger partial charge in [-0.1, -0.05) is 0 Å². The van der Waals surface area contributed by atoms with Crippen LogP contribution in [-0.2, 0) is 13.8 Å². The molecule has 15 heavy (non-hydrogen) atoms. The van der Waals surface area contributed by atoms with Gasteiger partial charge in [0.15, 0.2) is 0 Å². The van der Waals surface area contributed by atoms with Crippen LogP contribution in [0.1, 0.15) is 0 Å². The molecule has 1 saturated heterocycles. The van der Waals surface area contributed by atoms with E-state index in [0.717, 1.165) is 0 Å². The maximum Gasteiger partial charge on any atom is 0.325 e. The minimum Gasteiger partial charge on any atom is -0.394 e. The van der Waals surface area contributed by atoms with Crippen molar-refractivity contribution in [1.82, 2.24) is 0 Å². The molecular weight excluding hydrogens is 241 g/mol. The maximum absolute atomic E-state index is 13.4. The molecular formula is C6H13BFO5PSi. The van der Waals surface area contributed by atoms with Crippen molar-refractivity contribution in [2.45, 2.75) is 24.4 Å². The van der Waals surface area contributed by atoms with Crippen molar-refractivity contribution >= 4 is 25.7 Å². The predicted molar refractivity (Wildman–Crippen MR) is 55.9 cm³/mol. The van der Waals surface area contributed by atoms with Crippen molar-refractivity contribution < 1.29 is 28.2 Å². The molecule has 0 aromatic heterocycles. The predicted octanol–water partition coefficient (Wildman–Crippen LogP) is -1.90. The Morgan fingerprint density at radius 1 is 1.67 bits per heavy atom. The van der Waals surface area contributed by atoms with Crippen molar-refractivity contribution in [3.63, 3.8) is 0 Å². The van der Waals surface area contributed by atoms with Gasteiger partial charge < -0.3 is 14.7 Å². The van der Waals surface area contributed by atoms with Gasteiger partial charge in [-0.3, -0.25) is 9.09 Å². The molecule has 1 rings (SSSR count). The van der Waals surface area contributed by atoms with Crippen LogP contribution >= 0.6 is 7.60 Å². The smallest absolute Gasteiger partial charge is 0.325 e. The fourth-order valence-corrected chi connectivity index (χ4v) is 2.51. The van der Waals surface area contributed by atoms with Crippen molar-refractivity contribution in [2.75, 3.05) is 12.4 Å². The molecule has 0 aromatic rings. The molecule has 0 aliphatic carbocycles. The van der Waals surface area contributed by atoms with Crippen LogP contribution in [0.5, 0.6) is 0 Å². The van der Waals surface area contributed by atoms with Gasteiger partial charge in [-0.05, 0) is 0 Å². The van der Waals surface area contributed by atoms with Crippen LogP contribution in [0.15, 0.2) is 0 Å². The zero-order chi connectivity index (χ0) is 11.6. The Bertz CT molecular complexity index is 270. The highest BCUT2D eigenvalue weighted by atomic mass is 31.2. The van der Waals surface area contributed by atoms with E-state index in [1.807, 2.05) is 0 Å². The fraction of sp³-hybridized carbons (Fsp3) is 1.00. The van der Waals surface area contributed by atoms with Crippen LogP contribution < -0.4 is 0 Å². The first-order chi connectivity index (χ1) is 6.91. The van der Waals surface area contributed by atoms with E-state index in [9.17, 15) is 13.8 Å². The van der Waals surface area contributed by atoms with E-state index in [1.54, 1.807) is 0 Å². The van der Waals surface area contributed by atoms with Crippen LogP contribution in [0.4, 0.5) is 4.39 Å². The first-order valence-electron chi connectivity index (χ1n) is 4.57. The Hall–Kier alpha value is 0.282. The minimum atomic E-state index is -3.76. The fourth-order valence-electron chi connectivity index (χ4n) is 1.28. The summed E-state index contributed by atoms with van der Waals surface area (Å²) >= 11 is 0. The number of aliphatic hydroxyl groups excluding tert-OH is 1. The van der Waals surface area contributed by atoms with Crippen molar-refractivity contribution in [2.24, 2.45) is 0 Å². The summed E-state index contributed by atoms with van der Waals surface area (Å²) in [6, 6.07) is -1.22. The third-order valence-electron chi connectivity index (χ3n) is 2.19. The van der Waals surface area contributed by atoms with Gasteiger partial charge in [-0.15, -0.1) is 0 Å². The second-order valence-electron chi connectivity index (χ2n) is 3.29. The van der Waals surface area contributed by atoms with Gasteiger partial charge >= 0.3 is 7.60 Å². The molecule has 1 heterocycles. The lowest BCUT2D eigenvalue weighted by Gasteiger charge is -2.21. The monoisotopic (exact) mass is 254 g/mol. The summed E-state index contributed by atoms with van der Waals surface area (Å²) in [5.41, 5.74) is 0. The number of alkyl halides is 1. The molecule has 86 valence electrons. The quantitative estimate of drug-likeness (QED) is 0.453. The molecule has 2 radical (unpaired) electrons. The number of aliphatic hydroxyl groups is 1. The second kappa shape index (κ2) is 5.07. The van der Waals surface area contributed by atoms with E-state index >= 15 is 0 Å². The zero-order valence-electron chi connectivity index (χ0n) is 8.25. The molecule has 3 unspecified atom stereocenters. The summed E-state index contributed by atoms with van der Waals surface area (Å²) in [7, 11) is 1.95. The topological polar surface area (TPSA) is 76.0 Å². The lowest BCUT2D eigenvalue weighted by molar-refractivity contribution is 0.000441.